The number of H-pyrrole nitrogens is 1. The van der Waals surface area contributed by atoms with Crippen molar-refractivity contribution in [1.29, 1.82) is 0 Å². The molecule has 0 radical (unpaired) electrons. The van der Waals surface area contributed by atoms with Crippen LogP contribution in [-0.2, 0) is 0 Å². The highest BCUT2D eigenvalue weighted by molar-refractivity contribution is 7.14. The fourth-order valence-corrected chi connectivity index (χ4v) is 4.84. The number of nitrogens with one attached hydrogen (secondary N) is 3. The molecule has 0 saturated heterocycles. The van der Waals surface area contributed by atoms with Crippen LogP contribution < -0.4 is 10.6 Å². The summed E-state index contributed by atoms with van der Waals surface area (Å²) in [6, 6.07) is 2.76. The minimum atomic E-state index is -0.606. The summed E-state index contributed by atoms with van der Waals surface area (Å²) in [5.41, 5.74) is 1.19. The van der Waals surface area contributed by atoms with Crippen LogP contribution in [0, 0.1) is 11.6 Å². The Balaban J connectivity index is 1.31. The zero-order valence-corrected chi connectivity index (χ0v) is 18.7. The van der Waals surface area contributed by atoms with Crippen LogP contribution in [0.5, 0.6) is 0 Å². The number of carbonyl (C=O) groups is 1. The Labute approximate surface area is 195 Å². The molecule has 1 saturated carbocycles. The molecular weight excluding hydrogens is 472 g/mol. The number of halogens is 3. The number of nitrogens with zero attached hydrogens (tertiary/aromatic N) is 4. The first kappa shape index (κ1) is 21.7. The van der Waals surface area contributed by atoms with E-state index in [4.69, 9.17) is 11.6 Å². The van der Waals surface area contributed by atoms with Gasteiger partial charge in [0.2, 0.25) is 0 Å². The average Bonchev–Trinajstić information content (AvgIpc) is 3.42. The molecule has 4 heterocycles. The Hall–Kier alpha value is -3.18. The summed E-state index contributed by atoms with van der Waals surface area (Å²) in [5.74, 6) is -1.10. The lowest BCUT2D eigenvalue weighted by Crippen LogP contribution is -2.41. The van der Waals surface area contributed by atoms with E-state index in [0.29, 0.717) is 33.0 Å². The highest BCUT2D eigenvalue weighted by atomic mass is 35.5. The van der Waals surface area contributed by atoms with Crippen molar-refractivity contribution in [3.05, 3.63) is 51.4 Å². The second-order valence-corrected chi connectivity index (χ2v) is 9.37. The van der Waals surface area contributed by atoms with Gasteiger partial charge in [0.05, 0.1) is 27.7 Å². The Morgan fingerprint density at radius 1 is 1.18 bits per heavy atom. The first-order valence-corrected chi connectivity index (χ1v) is 11.6. The molecule has 0 spiro atoms. The number of pyridine rings is 1. The molecule has 4 aromatic rings. The molecule has 1 aliphatic carbocycles. The fraction of sp³-hybridized carbons (Fsp3) is 0.286. The van der Waals surface area contributed by atoms with E-state index in [1.54, 1.807) is 11.4 Å². The average molecular weight is 490 g/mol. The first-order chi connectivity index (χ1) is 16.0. The molecule has 12 heteroatoms. The summed E-state index contributed by atoms with van der Waals surface area (Å²) in [6.45, 7) is 0. The normalized spacial score (nSPS) is 18.4. The highest BCUT2D eigenvalue weighted by Crippen LogP contribution is 2.27. The molecule has 0 bridgehead atoms. The number of carbonyl (C=O) groups excluding carboxylic acids is 1. The van der Waals surface area contributed by atoms with Gasteiger partial charge in [0.25, 0.3) is 5.91 Å². The van der Waals surface area contributed by atoms with Crippen LogP contribution in [0.25, 0.3) is 22.6 Å². The van der Waals surface area contributed by atoms with Crippen molar-refractivity contribution in [1.82, 2.24) is 30.5 Å². The second kappa shape index (κ2) is 8.99. The van der Waals surface area contributed by atoms with Gasteiger partial charge in [-0.15, -0.1) is 11.3 Å². The molecule has 0 unspecified atom stereocenters. The van der Waals surface area contributed by atoms with Crippen LogP contribution in [-0.4, -0.2) is 43.1 Å². The summed E-state index contributed by atoms with van der Waals surface area (Å²) in [6.07, 6.45) is 5.24. The van der Waals surface area contributed by atoms with Crippen LogP contribution in [0.1, 0.15) is 36.0 Å². The number of amides is 1. The van der Waals surface area contributed by atoms with Crippen LogP contribution in [0.15, 0.2) is 29.9 Å². The largest absolute Gasteiger partial charge is 0.365 e. The number of rotatable bonds is 5. The van der Waals surface area contributed by atoms with E-state index in [-0.39, 0.29) is 29.6 Å². The van der Waals surface area contributed by atoms with E-state index in [0.717, 1.165) is 31.7 Å². The van der Waals surface area contributed by atoms with E-state index in [1.807, 2.05) is 0 Å². The van der Waals surface area contributed by atoms with Crippen LogP contribution in [0.2, 0.25) is 4.34 Å². The second-order valence-electron chi connectivity index (χ2n) is 7.83. The summed E-state index contributed by atoms with van der Waals surface area (Å²) in [7, 11) is 0. The number of aromatic nitrogens is 5. The van der Waals surface area contributed by atoms with Crippen molar-refractivity contribution in [2.75, 3.05) is 5.32 Å². The quantitative estimate of drug-likeness (QED) is 0.379. The van der Waals surface area contributed by atoms with Gasteiger partial charge >= 0.3 is 0 Å². The van der Waals surface area contributed by atoms with E-state index in [2.05, 4.69) is 35.8 Å². The van der Waals surface area contributed by atoms with Crippen LogP contribution >= 0.6 is 22.9 Å². The number of fused-ring (bicyclic) bond motifs is 1. The van der Waals surface area contributed by atoms with E-state index < -0.39 is 11.6 Å². The maximum Gasteiger partial charge on any atom is 0.252 e. The predicted molar refractivity (Wildman–Crippen MR) is 121 cm³/mol. The van der Waals surface area contributed by atoms with Crippen LogP contribution in [0.3, 0.4) is 0 Å². The van der Waals surface area contributed by atoms with Gasteiger partial charge in [-0.1, -0.05) is 11.6 Å². The van der Waals surface area contributed by atoms with E-state index >= 15 is 0 Å². The standard InChI is InChI=1S/C21H18ClF2N7OS/c22-16-4-10(9-33-16)21(32)28-13-3-1-2-12(6-13)27-19-15(24)8-26-20(29-19)17-14-5-11(23)7-25-18(14)31-30-17/h4-5,7-9,12-13H,1-3,6H2,(H,28,32)(H,25,30,31)(H,26,27,29)/t12-,13+/m0/s1. The molecule has 1 amide bonds. The molecule has 33 heavy (non-hydrogen) atoms. The molecule has 3 N–H and O–H groups in total. The SMILES string of the molecule is O=C(N[C@@H]1CCC[C@H](Nc2nc(-c3[nH]nc4ncc(F)cc34)ncc2F)C1)c1csc(Cl)c1. The van der Waals surface area contributed by atoms with Gasteiger partial charge in [-0.3, -0.25) is 9.89 Å². The molecular formula is C21H18ClF2N7OS. The molecule has 2 atom stereocenters. The van der Waals surface area contributed by atoms with Gasteiger partial charge < -0.3 is 10.6 Å². The molecule has 1 aliphatic rings. The van der Waals surface area contributed by atoms with Gasteiger partial charge in [0, 0.05) is 17.5 Å². The number of hydrogen-bond donors (Lipinski definition) is 3. The minimum absolute atomic E-state index is 0.0358. The van der Waals surface area contributed by atoms with Crippen LogP contribution in [0.4, 0.5) is 14.6 Å². The Morgan fingerprint density at radius 2 is 2.03 bits per heavy atom. The Morgan fingerprint density at radius 3 is 2.85 bits per heavy atom. The summed E-state index contributed by atoms with van der Waals surface area (Å²) < 4.78 is 28.7. The van der Waals surface area contributed by atoms with Gasteiger partial charge in [0.15, 0.2) is 23.1 Å². The van der Waals surface area contributed by atoms with Crippen molar-refractivity contribution >= 4 is 45.7 Å². The first-order valence-electron chi connectivity index (χ1n) is 10.3. The predicted octanol–water partition coefficient (Wildman–Crippen LogP) is 4.56. The third-order valence-corrected chi connectivity index (χ3v) is 6.62. The van der Waals surface area contributed by atoms with Crippen molar-refractivity contribution in [3.8, 4) is 11.5 Å². The third kappa shape index (κ3) is 4.64. The summed E-state index contributed by atoms with van der Waals surface area (Å²) in [4.78, 5) is 24.7. The number of hydrogen-bond acceptors (Lipinski definition) is 7. The summed E-state index contributed by atoms with van der Waals surface area (Å²) in [5, 5.41) is 15.0. The molecule has 0 aliphatic heterocycles. The smallest absolute Gasteiger partial charge is 0.252 e. The van der Waals surface area contributed by atoms with Crippen molar-refractivity contribution in [3.63, 3.8) is 0 Å². The molecule has 5 rings (SSSR count). The lowest BCUT2D eigenvalue weighted by molar-refractivity contribution is 0.0927. The van der Waals surface area contributed by atoms with Gasteiger partial charge in [-0.25, -0.2) is 23.7 Å². The summed E-state index contributed by atoms with van der Waals surface area (Å²) >= 11 is 7.22. The topological polar surface area (TPSA) is 108 Å². The fourth-order valence-electron chi connectivity index (χ4n) is 3.98. The van der Waals surface area contributed by atoms with Gasteiger partial charge in [-0.2, -0.15) is 5.10 Å². The monoisotopic (exact) mass is 489 g/mol. The van der Waals surface area contributed by atoms with Crippen molar-refractivity contribution < 1.29 is 13.6 Å². The number of aromatic amines is 1. The minimum Gasteiger partial charge on any atom is -0.365 e. The number of thiophene rings is 1. The zero-order valence-electron chi connectivity index (χ0n) is 17.1. The van der Waals surface area contributed by atoms with E-state index in [1.165, 1.54) is 17.4 Å². The van der Waals surface area contributed by atoms with E-state index in [9.17, 15) is 13.6 Å². The molecule has 170 valence electrons. The molecule has 1 fully saturated rings. The third-order valence-electron chi connectivity index (χ3n) is 5.52. The van der Waals surface area contributed by atoms with Crippen molar-refractivity contribution in [2.45, 2.75) is 37.8 Å². The van der Waals surface area contributed by atoms with Gasteiger partial charge in [-0.05, 0) is 37.8 Å². The molecule has 0 aromatic carbocycles. The lowest BCUT2D eigenvalue weighted by Gasteiger charge is -2.30. The molecule has 8 nitrogen and oxygen atoms in total. The number of anilines is 1. The lowest BCUT2D eigenvalue weighted by atomic mass is 9.90. The van der Waals surface area contributed by atoms with Gasteiger partial charge in [0.1, 0.15) is 11.5 Å². The van der Waals surface area contributed by atoms with Crippen molar-refractivity contribution in [2.24, 2.45) is 0 Å². The maximum absolute atomic E-state index is 14.5. The molecule has 4 aromatic heterocycles. The zero-order chi connectivity index (χ0) is 22.9. The highest BCUT2D eigenvalue weighted by Gasteiger charge is 2.25. The Bertz CT molecular complexity index is 1330. The Kier molecular flexibility index (Phi) is 5.90. The maximum atomic E-state index is 14.5.